The number of rotatable bonds is 11. The van der Waals surface area contributed by atoms with E-state index in [2.05, 4.69) is 13.8 Å². The van der Waals surface area contributed by atoms with Crippen molar-refractivity contribution in [1.82, 2.24) is 0 Å². The van der Waals surface area contributed by atoms with Crippen molar-refractivity contribution >= 4 is 5.78 Å². The van der Waals surface area contributed by atoms with E-state index in [0.29, 0.717) is 12.2 Å². The molecule has 0 fully saturated rings. The monoisotopic (exact) mass is 274 g/mol. The molecule has 1 heteroatoms. The number of Topliss-reactive ketones (excluding diaryl/α,β-unsaturated/α-hetero) is 1. The first-order valence-corrected chi connectivity index (χ1v) is 8.32. The van der Waals surface area contributed by atoms with Crippen molar-refractivity contribution in [3.63, 3.8) is 0 Å². The fourth-order valence-corrected chi connectivity index (χ4v) is 2.62. The van der Waals surface area contributed by atoms with Gasteiger partial charge in [-0.3, -0.25) is 4.79 Å². The molecule has 0 aromatic heterocycles. The van der Waals surface area contributed by atoms with Gasteiger partial charge >= 0.3 is 0 Å². The summed E-state index contributed by atoms with van der Waals surface area (Å²) in [7, 11) is 0. The average molecular weight is 274 g/mol. The number of ketones is 1. The Labute approximate surface area is 124 Å². The highest BCUT2D eigenvalue weighted by Crippen LogP contribution is 2.17. The molecule has 1 aromatic carbocycles. The summed E-state index contributed by atoms with van der Waals surface area (Å²) in [6, 6.07) is 9.66. The Morgan fingerprint density at radius 2 is 1.60 bits per heavy atom. The van der Waals surface area contributed by atoms with Crippen molar-refractivity contribution in [2.45, 2.75) is 71.6 Å². The van der Waals surface area contributed by atoms with Crippen LogP contribution in [-0.2, 0) is 0 Å². The van der Waals surface area contributed by atoms with Crippen LogP contribution in [0.3, 0.4) is 0 Å². The zero-order valence-corrected chi connectivity index (χ0v) is 13.2. The van der Waals surface area contributed by atoms with Crippen molar-refractivity contribution in [2.75, 3.05) is 0 Å². The van der Waals surface area contributed by atoms with Crippen LogP contribution in [0.5, 0.6) is 0 Å². The van der Waals surface area contributed by atoms with Crippen LogP contribution in [0, 0.1) is 5.92 Å². The van der Waals surface area contributed by atoms with Gasteiger partial charge in [0, 0.05) is 12.0 Å². The molecule has 0 spiro atoms. The summed E-state index contributed by atoms with van der Waals surface area (Å²) >= 11 is 0. The van der Waals surface area contributed by atoms with Gasteiger partial charge < -0.3 is 0 Å². The van der Waals surface area contributed by atoms with E-state index in [1.807, 2.05) is 30.3 Å². The van der Waals surface area contributed by atoms with Crippen molar-refractivity contribution < 1.29 is 4.79 Å². The maximum Gasteiger partial charge on any atom is 0.162 e. The first-order chi connectivity index (χ1) is 9.74. The van der Waals surface area contributed by atoms with E-state index in [1.54, 1.807) is 0 Å². The van der Waals surface area contributed by atoms with E-state index in [1.165, 1.54) is 44.9 Å². The van der Waals surface area contributed by atoms with Gasteiger partial charge in [0.2, 0.25) is 0 Å². The predicted molar refractivity (Wildman–Crippen MR) is 87.2 cm³/mol. The van der Waals surface area contributed by atoms with Gasteiger partial charge in [0.15, 0.2) is 5.78 Å². The summed E-state index contributed by atoms with van der Waals surface area (Å²) < 4.78 is 0. The van der Waals surface area contributed by atoms with Gasteiger partial charge in [0.1, 0.15) is 0 Å². The van der Waals surface area contributed by atoms with Gasteiger partial charge in [-0.1, -0.05) is 89.1 Å². The van der Waals surface area contributed by atoms with Gasteiger partial charge in [-0.2, -0.15) is 0 Å². The zero-order chi connectivity index (χ0) is 14.6. The van der Waals surface area contributed by atoms with Crippen molar-refractivity contribution in [1.29, 1.82) is 0 Å². The summed E-state index contributed by atoms with van der Waals surface area (Å²) in [5.41, 5.74) is 0.861. The number of hydrogen-bond donors (Lipinski definition) is 0. The van der Waals surface area contributed by atoms with Crippen LogP contribution in [-0.4, -0.2) is 5.78 Å². The molecule has 1 rings (SSSR count). The number of benzene rings is 1. The quantitative estimate of drug-likeness (QED) is 0.355. The van der Waals surface area contributed by atoms with Gasteiger partial charge in [-0.05, 0) is 12.3 Å². The molecule has 112 valence electrons. The van der Waals surface area contributed by atoms with E-state index in [-0.39, 0.29) is 0 Å². The first-order valence-electron chi connectivity index (χ1n) is 8.32. The predicted octanol–water partition coefficient (Wildman–Crippen LogP) is 6.04. The molecule has 0 amide bonds. The van der Waals surface area contributed by atoms with Gasteiger partial charge in [-0.25, -0.2) is 0 Å². The molecule has 0 radical (unpaired) electrons. The lowest BCUT2D eigenvalue weighted by Gasteiger charge is -2.10. The maximum absolute atomic E-state index is 12.0. The Morgan fingerprint density at radius 3 is 2.30 bits per heavy atom. The standard InChI is InChI=1S/C19H30O/c1-3-4-5-6-8-12-17(2)13-11-16-19(20)18-14-9-7-10-15-18/h7,9-10,14-15,17H,3-6,8,11-13,16H2,1-2H3. The Hall–Kier alpha value is -1.11. The number of carbonyl (C=O) groups excluding carboxylic acids is 1. The van der Waals surface area contributed by atoms with E-state index in [0.717, 1.165) is 17.9 Å². The molecule has 0 aliphatic heterocycles. The Balaban J connectivity index is 2.07. The van der Waals surface area contributed by atoms with Crippen LogP contribution in [0.15, 0.2) is 30.3 Å². The highest BCUT2D eigenvalue weighted by Gasteiger charge is 2.07. The normalized spacial score (nSPS) is 12.3. The zero-order valence-electron chi connectivity index (χ0n) is 13.2. The second-order valence-corrected chi connectivity index (χ2v) is 5.99. The molecular weight excluding hydrogens is 244 g/mol. The van der Waals surface area contributed by atoms with E-state index < -0.39 is 0 Å². The summed E-state index contributed by atoms with van der Waals surface area (Å²) in [5.74, 6) is 1.06. The molecule has 1 unspecified atom stereocenters. The number of hydrogen-bond acceptors (Lipinski definition) is 1. The van der Waals surface area contributed by atoms with Crippen LogP contribution in [0.1, 0.15) is 82.0 Å². The third-order valence-electron chi connectivity index (χ3n) is 4.00. The smallest absolute Gasteiger partial charge is 0.162 e. The fraction of sp³-hybridized carbons (Fsp3) is 0.632. The third kappa shape index (κ3) is 7.47. The van der Waals surface area contributed by atoms with Crippen LogP contribution in [0.4, 0.5) is 0 Å². The highest BCUT2D eigenvalue weighted by atomic mass is 16.1. The van der Waals surface area contributed by atoms with Crippen LogP contribution in [0.2, 0.25) is 0 Å². The van der Waals surface area contributed by atoms with Gasteiger partial charge in [0.05, 0.1) is 0 Å². The topological polar surface area (TPSA) is 17.1 Å². The summed E-state index contributed by atoms with van der Waals surface area (Å²) in [6.07, 6.45) is 11.0. The van der Waals surface area contributed by atoms with Crippen molar-refractivity contribution in [3.8, 4) is 0 Å². The Morgan fingerprint density at radius 1 is 0.950 bits per heavy atom. The average Bonchev–Trinajstić information content (AvgIpc) is 2.48. The number of carbonyl (C=O) groups is 1. The first kappa shape index (κ1) is 16.9. The molecule has 1 aromatic rings. The largest absolute Gasteiger partial charge is 0.294 e. The lowest BCUT2D eigenvalue weighted by molar-refractivity contribution is 0.0977. The minimum absolute atomic E-state index is 0.292. The van der Waals surface area contributed by atoms with E-state index in [4.69, 9.17) is 0 Å². The summed E-state index contributed by atoms with van der Waals surface area (Å²) in [4.78, 5) is 12.0. The van der Waals surface area contributed by atoms with Crippen molar-refractivity contribution in [2.24, 2.45) is 5.92 Å². The second kappa shape index (κ2) is 10.7. The highest BCUT2D eigenvalue weighted by molar-refractivity contribution is 5.95. The number of unbranched alkanes of at least 4 members (excludes halogenated alkanes) is 4. The van der Waals surface area contributed by atoms with Crippen molar-refractivity contribution in [3.05, 3.63) is 35.9 Å². The molecule has 20 heavy (non-hydrogen) atoms. The SMILES string of the molecule is CCCCCCCC(C)CCCC(=O)c1ccccc1. The molecule has 0 bridgehead atoms. The minimum Gasteiger partial charge on any atom is -0.294 e. The second-order valence-electron chi connectivity index (χ2n) is 5.99. The molecule has 0 aliphatic rings. The summed E-state index contributed by atoms with van der Waals surface area (Å²) in [5, 5.41) is 0. The molecule has 0 aliphatic carbocycles. The molecule has 1 atom stereocenters. The summed E-state index contributed by atoms with van der Waals surface area (Å²) in [6.45, 7) is 4.58. The molecule has 0 N–H and O–H groups in total. The Kier molecular flexibility index (Phi) is 9.02. The lowest BCUT2D eigenvalue weighted by atomic mass is 9.95. The molecule has 0 saturated heterocycles. The van der Waals surface area contributed by atoms with Crippen LogP contribution >= 0.6 is 0 Å². The Bertz CT molecular complexity index is 355. The van der Waals surface area contributed by atoms with Crippen LogP contribution < -0.4 is 0 Å². The van der Waals surface area contributed by atoms with E-state index >= 15 is 0 Å². The molecule has 0 saturated carbocycles. The fourth-order valence-electron chi connectivity index (χ4n) is 2.62. The lowest BCUT2D eigenvalue weighted by Crippen LogP contribution is -2.01. The van der Waals surface area contributed by atoms with Gasteiger partial charge in [-0.15, -0.1) is 0 Å². The molecule has 1 nitrogen and oxygen atoms in total. The molecular formula is C19H30O. The van der Waals surface area contributed by atoms with Gasteiger partial charge in [0.25, 0.3) is 0 Å². The van der Waals surface area contributed by atoms with E-state index in [9.17, 15) is 4.79 Å². The molecule has 0 heterocycles. The maximum atomic E-state index is 12.0. The van der Waals surface area contributed by atoms with Crippen LogP contribution in [0.25, 0.3) is 0 Å². The minimum atomic E-state index is 0.292. The third-order valence-corrected chi connectivity index (χ3v) is 4.00.